The van der Waals surface area contributed by atoms with Crippen molar-refractivity contribution < 1.29 is 22.9 Å². The first-order valence-electron chi connectivity index (χ1n) is 12.5. The Balaban J connectivity index is 2.15. The van der Waals surface area contributed by atoms with Crippen LogP contribution in [0.25, 0.3) is 0 Å². The van der Waals surface area contributed by atoms with Crippen LogP contribution < -0.4 is 14.5 Å². The molecule has 0 N–H and O–H groups in total. The maximum atomic E-state index is 14.2. The fourth-order valence-corrected chi connectivity index (χ4v) is 6.29. The largest absolute Gasteiger partial charge is 0.461 e. The summed E-state index contributed by atoms with van der Waals surface area (Å²) in [4.78, 5) is 16.4. The van der Waals surface area contributed by atoms with Crippen molar-refractivity contribution in [2.75, 3.05) is 42.8 Å². The molecule has 2 aromatic rings. The molecule has 0 saturated carbocycles. The fourth-order valence-electron chi connectivity index (χ4n) is 4.49. The topological polar surface area (TPSA) is 59.1 Å². The number of ether oxygens (including phenoxy) is 2. The zero-order chi connectivity index (χ0) is 26.3. The van der Waals surface area contributed by atoms with Gasteiger partial charge in [-0.05, 0) is 43.4 Å². The predicted molar refractivity (Wildman–Crippen MR) is 144 cm³/mol. The molecule has 6 nitrogen and oxygen atoms in total. The Labute approximate surface area is 216 Å². The van der Waals surface area contributed by atoms with E-state index in [9.17, 15) is 13.4 Å². The number of nitrogens with zero attached hydrogens (tertiary/aromatic N) is 2. The molecule has 196 valence electrons. The van der Waals surface area contributed by atoms with Crippen LogP contribution in [0.3, 0.4) is 0 Å². The Morgan fingerprint density at radius 1 is 1.19 bits per heavy atom. The molecule has 0 aromatic heterocycles. The van der Waals surface area contributed by atoms with Crippen molar-refractivity contribution in [1.29, 1.82) is 0 Å². The van der Waals surface area contributed by atoms with E-state index in [1.54, 1.807) is 13.0 Å². The van der Waals surface area contributed by atoms with Crippen LogP contribution in [0.1, 0.15) is 46.5 Å². The Hall–Kier alpha value is -2.87. The van der Waals surface area contributed by atoms with E-state index in [4.69, 9.17) is 9.47 Å². The maximum absolute atomic E-state index is 14.2. The van der Waals surface area contributed by atoms with Crippen LogP contribution >= 0.6 is 0 Å². The average molecular weight is 517 g/mol. The molecular formula is C28H37FN2O4S. The van der Waals surface area contributed by atoms with E-state index in [-0.39, 0.29) is 12.0 Å². The van der Waals surface area contributed by atoms with Gasteiger partial charge in [-0.1, -0.05) is 44.9 Å². The molecule has 36 heavy (non-hydrogen) atoms. The summed E-state index contributed by atoms with van der Waals surface area (Å²) in [6.45, 7) is 6.77. The molecule has 0 aliphatic carbocycles. The van der Waals surface area contributed by atoms with E-state index >= 15 is 0 Å². The van der Waals surface area contributed by atoms with Gasteiger partial charge >= 0.3 is 5.97 Å². The number of unbranched alkanes of at least 4 members (excludes halogenated alkanes) is 1. The van der Waals surface area contributed by atoms with Crippen LogP contribution in [0.15, 0.2) is 59.4 Å². The summed E-state index contributed by atoms with van der Waals surface area (Å²) in [5.41, 5.74) is 2.43. The van der Waals surface area contributed by atoms with Crippen molar-refractivity contribution in [1.82, 2.24) is 0 Å². The third-order valence-corrected chi connectivity index (χ3v) is 8.32. The third kappa shape index (κ3) is 6.27. The summed E-state index contributed by atoms with van der Waals surface area (Å²) >= 11 is 0. The Morgan fingerprint density at radius 2 is 1.92 bits per heavy atom. The fraction of sp³-hybridized carbons (Fsp3) is 0.464. The maximum Gasteiger partial charge on any atom is 0.370 e. The van der Waals surface area contributed by atoms with Gasteiger partial charge in [0.05, 0.1) is 33.7 Å². The summed E-state index contributed by atoms with van der Waals surface area (Å²) in [5.74, 6) is -1.36. The summed E-state index contributed by atoms with van der Waals surface area (Å²) in [5, 5.41) is 0. The normalized spacial score (nSPS) is 19.9. The molecule has 0 saturated heterocycles. The molecule has 1 aliphatic rings. The lowest BCUT2D eigenvalue weighted by molar-refractivity contribution is -0.140. The number of anilines is 3. The zero-order valence-electron chi connectivity index (χ0n) is 21.9. The standard InChI is InChI=1S/C28H37FN2O4S/c1-6-9-15-28(7-2)19-31(21-13-11-10-12-14-21)24-16-23(30(4)5)25(17-26(24)36(33)20-28)35-18-22(29)27(32)34-8-3/h10-14,16-18H,6-9,15,19-20H2,1-5H3/b22-18-. The first-order valence-corrected chi connectivity index (χ1v) is 13.8. The summed E-state index contributed by atoms with van der Waals surface area (Å²) in [6, 6.07) is 13.8. The van der Waals surface area contributed by atoms with Gasteiger partial charge in [-0.2, -0.15) is 4.39 Å². The van der Waals surface area contributed by atoms with Gasteiger partial charge in [0, 0.05) is 38.1 Å². The molecule has 0 bridgehead atoms. The number of esters is 1. The smallest absolute Gasteiger partial charge is 0.370 e. The van der Waals surface area contributed by atoms with Crippen molar-refractivity contribution in [2.45, 2.75) is 51.3 Å². The number of hydrogen-bond acceptors (Lipinski definition) is 6. The summed E-state index contributed by atoms with van der Waals surface area (Å²) < 4.78 is 38.4. The summed E-state index contributed by atoms with van der Waals surface area (Å²) in [7, 11) is 2.41. The minimum absolute atomic E-state index is 0.0629. The van der Waals surface area contributed by atoms with E-state index in [1.165, 1.54) is 0 Å². The third-order valence-electron chi connectivity index (χ3n) is 6.63. The van der Waals surface area contributed by atoms with Gasteiger partial charge in [-0.15, -0.1) is 0 Å². The van der Waals surface area contributed by atoms with Gasteiger partial charge in [-0.3, -0.25) is 4.21 Å². The van der Waals surface area contributed by atoms with E-state index in [0.717, 1.165) is 49.9 Å². The van der Waals surface area contributed by atoms with Crippen molar-refractivity contribution in [3.63, 3.8) is 0 Å². The lowest BCUT2D eigenvalue weighted by Crippen LogP contribution is -2.37. The molecule has 0 amide bonds. The van der Waals surface area contributed by atoms with Gasteiger partial charge in [-0.25, -0.2) is 4.79 Å². The van der Waals surface area contributed by atoms with Crippen LogP contribution in [0.4, 0.5) is 21.5 Å². The van der Waals surface area contributed by atoms with Crippen LogP contribution in [-0.4, -0.2) is 43.2 Å². The Kier molecular flexibility index (Phi) is 9.54. The number of rotatable bonds is 10. The number of halogens is 1. The molecule has 1 heterocycles. The van der Waals surface area contributed by atoms with Crippen molar-refractivity contribution in [3.05, 3.63) is 54.6 Å². The van der Waals surface area contributed by atoms with Crippen LogP contribution in [-0.2, 0) is 20.3 Å². The van der Waals surface area contributed by atoms with Gasteiger partial charge in [0.25, 0.3) is 0 Å². The molecule has 2 atom stereocenters. The second-order valence-corrected chi connectivity index (χ2v) is 10.8. The zero-order valence-corrected chi connectivity index (χ0v) is 22.7. The molecule has 3 rings (SSSR count). The predicted octanol–water partition coefficient (Wildman–Crippen LogP) is 6.35. The quantitative estimate of drug-likeness (QED) is 0.208. The van der Waals surface area contributed by atoms with E-state index < -0.39 is 22.6 Å². The number of hydrogen-bond donors (Lipinski definition) is 0. The SMILES string of the molecule is CCCCC1(CC)CN(c2ccccc2)c2cc(N(C)C)c(O/C=C(\F)C(=O)OCC)cc2S(=O)C1. The first kappa shape index (κ1) is 27.7. The highest BCUT2D eigenvalue weighted by atomic mass is 32.2. The van der Waals surface area contributed by atoms with Crippen molar-refractivity contribution >= 4 is 33.8 Å². The Morgan fingerprint density at radius 3 is 2.53 bits per heavy atom. The van der Waals surface area contributed by atoms with Gasteiger partial charge in [0.1, 0.15) is 6.26 Å². The number of fused-ring (bicyclic) bond motifs is 1. The summed E-state index contributed by atoms with van der Waals surface area (Å²) in [6.07, 6.45) is 4.79. The van der Waals surface area contributed by atoms with Gasteiger partial charge in [0.15, 0.2) is 5.75 Å². The van der Waals surface area contributed by atoms with E-state index in [0.29, 0.717) is 22.1 Å². The minimum Gasteiger partial charge on any atom is -0.461 e. The van der Waals surface area contributed by atoms with Crippen LogP contribution in [0.5, 0.6) is 5.75 Å². The number of carbonyl (C=O) groups excluding carboxylic acids is 1. The highest BCUT2D eigenvalue weighted by molar-refractivity contribution is 7.85. The number of benzene rings is 2. The molecule has 2 aromatic carbocycles. The first-order chi connectivity index (χ1) is 17.2. The molecule has 0 spiro atoms. The molecular weight excluding hydrogens is 479 g/mol. The van der Waals surface area contributed by atoms with Crippen LogP contribution in [0.2, 0.25) is 0 Å². The monoisotopic (exact) mass is 516 g/mol. The van der Waals surface area contributed by atoms with Crippen molar-refractivity contribution in [3.8, 4) is 5.75 Å². The second kappa shape index (κ2) is 12.4. The van der Waals surface area contributed by atoms with E-state index in [2.05, 4.69) is 30.9 Å². The lowest BCUT2D eigenvalue weighted by atomic mass is 9.81. The van der Waals surface area contributed by atoms with Gasteiger partial charge < -0.3 is 19.3 Å². The van der Waals surface area contributed by atoms with Gasteiger partial charge in [0.2, 0.25) is 5.83 Å². The Bertz CT molecular complexity index is 1110. The van der Waals surface area contributed by atoms with Crippen LogP contribution in [0, 0.1) is 5.41 Å². The average Bonchev–Trinajstić information content (AvgIpc) is 3.00. The highest BCUT2D eigenvalue weighted by Gasteiger charge is 2.38. The second-order valence-electron chi connectivity index (χ2n) is 9.35. The molecule has 0 fully saturated rings. The molecule has 0 radical (unpaired) electrons. The number of carbonyl (C=O) groups is 1. The molecule has 1 aliphatic heterocycles. The minimum atomic E-state index is -1.30. The lowest BCUT2D eigenvalue weighted by Gasteiger charge is -2.36. The molecule has 2 unspecified atom stereocenters. The van der Waals surface area contributed by atoms with Crippen molar-refractivity contribution in [2.24, 2.45) is 5.41 Å². The highest BCUT2D eigenvalue weighted by Crippen LogP contribution is 2.46. The molecule has 8 heteroatoms. The van der Waals surface area contributed by atoms with E-state index in [1.807, 2.05) is 43.3 Å². The number of para-hydroxylation sites is 1.